The molecule has 5 rings (SSSR count). The second-order valence-electron chi connectivity index (χ2n) is 8.01. The third-order valence-electron chi connectivity index (χ3n) is 5.75. The monoisotopic (exact) mass is 436 g/mol. The third-order valence-corrected chi connectivity index (χ3v) is 5.75. The van der Waals surface area contributed by atoms with Crippen molar-refractivity contribution >= 4 is 17.0 Å². The molecule has 0 N–H and O–H groups in total. The van der Waals surface area contributed by atoms with Gasteiger partial charge in [-0.2, -0.15) is 10.1 Å². The zero-order valence-corrected chi connectivity index (χ0v) is 18.0. The summed E-state index contributed by atoms with van der Waals surface area (Å²) in [6, 6.07) is 5.40. The summed E-state index contributed by atoms with van der Waals surface area (Å²) in [5.41, 5.74) is 3.82. The molecule has 7 nitrogen and oxygen atoms in total. The van der Waals surface area contributed by atoms with Crippen molar-refractivity contribution in [1.82, 2.24) is 24.7 Å². The van der Waals surface area contributed by atoms with Gasteiger partial charge in [0, 0.05) is 48.1 Å². The largest absolute Gasteiger partial charge is 0.370 e. The number of aryl methyl sites for hydroxylation is 3. The van der Waals surface area contributed by atoms with Crippen molar-refractivity contribution in [3.63, 3.8) is 0 Å². The highest BCUT2D eigenvalue weighted by molar-refractivity contribution is 5.92. The maximum absolute atomic E-state index is 14.7. The molecule has 1 aromatic carbocycles. The molecule has 4 aromatic rings. The summed E-state index contributed by atoms with van der Waals surface area (Å²) in [5, 5.41) is 4.85. The van der Waals surface area contributed by atoms with Crippen molar-refractivity contribution in [2.24, 2.45) is 7.05 Å². The fourth-order valence-electron chi connectivity index (χ4n) is 3.90. The second kappa shape index (κ2) is 7.90. The van der Waals surface area contributed by atoms with Gasteiger partial charge in [0.25, 0.3) is 0 Å². The van der Waals surface area contributed by atoms with Crippen LogP contribution in [0.2, 0.25) is 0 Å². The van der Waals surface area contributed by atoms with E-state index < -0.39 is 11.6 Å². The minimum absolute atomic E-state index is 0.185. The Morgan fingerprint density at radius 2 is 1.94 bits per heavy atom. The van der Waals surface area contributed by atoms with Crippen molar-refractivity contribution in [3.05, 3.63) is 65.1 Å². The fraction of sp³-hybridized carbons (Fsp3) is 0.304. The Morgan fingerprint density at radius 1 is 1.09 bits per heavy atom. The zero-order chi connectivity index (χ0) is 22.4. The molecule has 3 aromatic heterocycles. The molecule has 9 heteroatoms. The van der Waals surface area contributed by atoms with Crippen molar-refractivity contribution in [1.29, 1.82) is 0 Å². The lowest BCUT2D eigenvalue weighted by atomic mass is 10.1. The van der Waals surface area contributed by atoms with Crippen molar-refractivity contribution in [3.8, 4) is 11.3 Å². The highest BCUT2D eigenvalue weighted by Crippen LogP contribution is 2.32. The Bertz CT molecular complexity index is 1320. The van der Waals surface area contributed by atoms with Crippen LogP contribution in [0.15, 0.2) is 36.7 Å². The van der Waals surface area contributed by atoms with E-state index in [0.717, 1.165) is 22.9 Å². The van der Waals surface area contributed by atoms with Gasteiger partial charge in [-0.3, -0.25) is 4.68 Å². The number of hydrogen-bond donors (Lipinski definition) is 0. The molecule has 164 valence electrons. The Morgan fingerprint density at radius 3 is 2.69 bits per heavy atom. The predicted molar refractivity (Wildman–Crippen MR) is 116 cm³/mol. The number of fused-ring (bicyclic) bond motifs is 1. The van der Waals surface area contributed by atoms with Gasteiger partial charge in [-0.15, -0.1) is 0 Å². The molecule has 0 aliphatic carbocycles. The lowest BCUT2D eigenvalue weighted by molar-refractivity contribution is 0.0392. The van der Waals surface area contributed by atoms with Crippen LogP contribution in [0.25, 0.3) is 22.3 Å². The van der Waals surface area contributed by atoms with E-state index in [-0.39, 0.29) is 11.7 Å². The molecule has 1 fully saturated rings. The van der Waals surface area contributed by atoms with E-state index in [1.54, 1.807) is 10.9 Å². The summed E-state index contributed by atoms with van der Waals surface area (Å²) in [7, 11) is 1.86. The van der Waals surface area contributed by atoms with Gasteiger partial charge in [0.05, 0.1) is 25.0 Å². The molecule has 0 radical (unpaired) electrons. The number of benzene rings is 1. The number of morpholine rings is 1. The number of ether oxygens (including phenoxy) is 1. The Kier molecular flexibility index (Phi) is 5.05. The van der Waals surface area contributed by atoms with Crippen LogP contribution in [0.4, 0.5) is 14.7 Å². The van der Waals surface area contributed by atoms with Crippen LogP contribution in [0.5, 0.6) is 0 Å². The molecule has 1 aliphatic heterocycles. The standard InChI is InChI=1S/C23H22F2N6O/c1-13-8-18-21(17-5-4-16(24)9-19(17)25)28-23(29-22(18)27-14(13)2)31-6-7-32-20(12-31)15-10-26-30(3)11-15/h4-5,8-11,20H,6-7,12H2,1-3H3. The Labute approximate surface area is 183 Å². The van der Waals surface area contributed by atoms with Crippen LogP contribution in [0, 0.1) is 25.5 Å². The summed E-state index contributed by atoms with van der Waals surface area (Å²) in [6.07, 6.45) is 3.51. The zero-order valence-electron chi connectivity index (χ0n) is 18.0. The summed E-state index contributed by atoms with van der Waals surface area (Å²) in [5.74, 6) is -0.879. The average molecular weight is 436 g/mol. The third kappa shape index (κ3) is 3.69. The molecule has 32 heavy (non-hydrogen) atoms. The molecule has 0 spiro atoms. The van der Waals surface area contributed by atoms with E-state index in [9.17, 15) is 8.78 Å². The predicted octanol–water partition coefficient (Wildman–Crippen LogP) is 3.90. The topological polar surface area (TPSA) is 69.0 Å². The van der Waals surface area contributed by atoms with Gasteiger partial charge in [0.15, 0.2) is 5.65 Å². The van der Waals surface area contributed by atoms with E-state index in [1.165, 1.54) is 12.1 Å². The molecule has 0 bridgehead atoms. The second-order valence-corrected chi connectivity index (χ2v) is 8.01. The van der Waals surface area contributed by atoms with Crippen LogP contribution < -0.4 is 4.90 Å². The number of aromatic nitrogens is 5. The van der Waals surface area contributed by atoms with E-state index in [0.29, 0.717) is 42.4 Å². The SMILES string of the molecule is Cc1cc2c(-c3ccc(F)cc3F)nc(N3CCOC(c4cnn(C)c4)C3)nc2nc1C. The first-order chi connectivity index (χ1) is 15.4. The number of pyridine rings is 1. The first kappa shape index (κ1) is 20.4. The average Bonchev–Trinajstić information content (AvgIpc) is 3.21. The summed E-state index contributed by atoms with van der Waals surface area (Å²) >= 11 is 0. The molecule has 1 aliphatic rings. The van der Waals surface area contributed by atoms with E-state index in [2.05, 4.69) is 10.1 Å². The molecular formula is C23H22F2N6O. The van der Waals surface area contributed by atoms with Gasteiger partial charge in [-0.1, -0.05) is 0 Å². The number of rotatable bonds is 3. The highest BCUT2D eigenvalue weighted by atomic mass is 19.1. The lowest BCUT2D eigenvalue weighted by Gasteiger charge is -2.32. The highest BCUT2D eigenvalue weighted by Gasteiger charge is 2.26. The Hall–Kier alpha value is -3.46. The van der Waals surface area contributed by atoms with E-state index in [1.807, 2.05) is 38.1 Å². The number of nitrogens with zero attached hydrogens (tertiary/aromatic N) is 6. The smallest absolute Gasteiger partial charge is 0.228 e. The van der Waals surface area contributed by atoms with Crippen LogP contribution >= 0.6 is 0 Å². The summed E-state index contributed by atoms with van der Waals surface area (Å²) in [4.78, 5) is 16.1. The van der Waals surface area contributed by atoms with Crippen LogP contribution in [-0.4, -0.2) is 44.4 Å². The molecule has 0 amide bonds. The first-order valence-corrected chi connectivity index (χ1v) is 10.4. The Balaban J connectivity index is 1.62. The maximum atomic E-state index is 14.7. The number of hydrogen-bond acceptors (Lipinski definition) is 6. The number of anilines is 1. The van der Waals surface area contributed by atoms with Gasteiger partial charge in [0.1, 0.15) is 17.7 Å². The maximum Gasteiger partial charge on any atom is 0.228 e. The quantitative estimate of drug-likeness (QED) is 0.485. The number of halogens is 2. The van der Waals surface area contributed by atoms with E-state index in [4.69, 9.17) is 14.7 Å². The molecule has 0 saturated carbocycles. The van der Waals surface area contributed by atoms with Gasteiger partial charge in [-0.25, -0.2) is 18.7 Å². The minimum Gasteiger partial charge on any atom is -0.370 e. The van der Waals surface area contributed by atoms with Gasteiger partial charge in [-0.05, 0) is 37.6 Å². The normalized spacial score (nSPS) is 16.7. The van der Waals surface area contributed by atoms with Gasteiger partial charge < -0.3 is 9.64 Å². The lowest BCUT2D eigenvalue weighted by Crippen LogP contribution is -2.39. The molecule has 4 heterocycles. The summed E-state index contributed by atoms with van der Waals surface area (Å²) < 4.78 is 36.0. The van der Waals surface area contributed by atoms with Crippen LogP contribution in [0.1, 0.15) is 22.9 Å². The van der Waals surface area contributed by atoms with Crippen LogP contribution in [-0.2, 0) is 11.8 Å². The minimum atomic E-state index is -0.676. The van der Waals surface area contributed by atoms with Gasteiger partial charge in [0.2, 0.25) is 5.95 Å². The van der Waals surface area contributed by atoms with Crippen molar-refractivity contribution < 1.29 is 13.5 Å². The summed E-state index contributed by atoms with van der Waals surface area (Å²) in [6.45, 7) is 5.43. The van der Waals surface area contributed by atoms with Gasteiger partial charge >= 0.3 is 0 Å². The van der Waals surface area contributed by atoms with E-state index >= 15 is 0 Å². The molecular weight excluding hydrogens is 414 g/mol. The van der Waals surface area contributed by atoms with Crippen LogP contribution in [0.3, 0.4) is 0 Å². The van der Waals surface area contributed by atoms with Crippen molar-refractivity contribution in [2.45, 2.75) is 20.0 Å². The fourth-order valence-corrected chi connectivity index (χ4v) is 3.90. The van der Waals surface area contributed by atoms with Crippen molar-refractivity contribution in [2.75, 3.05) is 24.6 Å². The molecule has 1 unspecified atom stereocenters. The molecule has 1 atom stereocenters. The first-order valence-electron chi connectivity index (χ1n) is 10.4. The molecule has 1 saturated heterocycles.